The van der Waals surface area contributed by atoms with E-state index < -0.39 is 0 Å². The van der Waals surface area contributed by atoms with Gasteiger partial charge in [-0.2, -0.15) is 0 Å². The summed E-state index contributed by atoms with van der Waals surface area (Å²) in [6.45, 7) is 3.75. The number of benzene rings is 1. The molecule has 1 aliphatic heterocycles. The van der Waals surface area contributed by atoms with Crippen LogP contribution < -0.4 is 0 Å². The highest BCUT2D eigenvalue weighted by atomic mass is 16.3. The van der Waals surface area contributed by atoms with Gasteiger partial charge in [0.05, 0.1) is 18.0 Å². The molecule has 0 saturated heterocycles. The number of aliphatic hydroxyl groups is 1. The second-order valence-electron chi connectivity index (χ2n) is 6.85. The van der Waals surface area contributed by atoms with Crippen molar-refractivity contribution in [2.75, 3.05) is 6.54 Å². The maximum absolute atomic E-state index is 10.4. The molecule has 0 unspecified atom stereocenters. The van der Waals surface area contributed by atoms with Crippen LogP contribution in [-0.4, -0.2) is 36.6 Å². The van der Waals surface area contributed by atoms with Crippen LogP contribution >= 0.6 is 0 Å². The average Bonchev–Trinajstić information content (AvgIpc) is 2.72. The Hall–Kier alpha value is -2.83. The van der Waals surface area contributed by atoms with E-state index in [1.807, 2.05) is 36.5 Å². The standard InChI is InChI=1S/C21H22N4O2/c1-14-20(27)18(17(13-26)10-22-14)12-25-8-7-19-16(11-25)9-23-21(24-19)15-5-3-2-4-6-15/h2-6,9-10,26-27H,7-8,11-13H2,1H3. The van der Waals surface area contributed by atoms with E-state index in [0.717, 1.165) is 47.7 Å². The van der Waals surface area contributed by atoms with E-state index >= 15 is 0 Å². The minimum atomic E-state index is -0.135. The molecule has 138 valence electrons. The summed E-state index contributed by atoms with van der Waals surface area (Å²) in [4.78, 5) is 15.7. The van der Waals surface area contributed by atoms with E-state index in [1.54, 1.807) is 13.1 Å². The Morgan fingerprint density at radius 1 is 1.11 bits per heavy atom. The van der Waals surface area contributed by atoms with E-state index in [1.165, 1.54) is 0 Å². The van der Waals surface area contributed by atoms with E-state index in [9.17, 15) is 10.2 Å². The number of aromatic nitrogens is 3. The summed E-state index contributed by atoms with van der Waals surface area (Å²) in [6.07, 6.45) is 4.37. The van der Waals surface area contributed by atoms with Crippen molar-refractivity contribution < 1.29 is 10.2 Å². The Morgan fingerprint density at radius 2 is 1.93 bits per heavy atom. The summed E-state index contributed by atoms with van der Waals surface area (Å²) in [7, 11) is 0. The second-order valence-corrected chi connectivity index (χ2v) is 6.85. The highest BCUT2D eigenvalue weighted by Crippen LogP contribution is 2.28. The molecule has 1 aliphatic rings. The molecular weight excluding hydrogens is 340 g/mol. The lowest BCUT2D eigenvalue weighted by atomic mass is 10.0. The number of hydrogen-bond donors (Lipinski definition) is 2. The Balaban J connectivity index is 1.55. The summed E-state index contributed by atoms with van der Waals surface area (Å²) in [5.74, 6) is 0.927. The minimum absolute atomic E-state index is 0.135. The van der Waals surface area contributed by atoms with Crippen LogP contribution in [0.5, 0.6) is 5.75 Å². The van der Waals surface area contributed by atoms with E-state index in [0.29, 0.717) is 17.8 Å². The van der Waals surface area contributed by atoms with Crippen LogP contribution in [0.2, 0.25) is 0 Å². The highest BCUT2D eigenvalue weighted by Gasteiger charge is 2.21. The predicted octanol–water partition coefficient (Wildman–Crippen LogP) is 2.60. The van der Waals surface area contributed by atoms with Gasteiger partial charge in [-0.15, -0.1) is 0 Å². The van der Waals surface area contributed by atoms with Crippen LogP contribution in [0.1, 0.15) is 28.1 Å². The molecule has 0 fully saturated rings. The number of nitrogens with zero attached hydrogens (tertiary/aromatic N) is 4. The average molecular weight is 362 g/mol. The van der Waals surface area contributed by atoms with Gasteiger partial charge in [-0.1, -0.05) is 30.3 Å². The third-order valence-corrected chi connectivity index (χ3v) is 5.03. The van der Waals surface area contributed by atoms with Gasteiger partial charge in [0, 0.05) is 60.7 Å². The summed E-state index contributed by atoms with van der Waals surface area (Å²) >= 11 is 0. The molecule has 0 aliphatic carbocycles. The van der Waals surface area contributed by atoms with Crippen LogP contribution in [0.3, 0.4) is 0 Å². The number of aromatic hydroxyl groups is 1. The first kappa shape index (κ1) is 17.6. The van der Waals surface area contributed by atoms with Gasteiger partial charge >= 0.3 is 0 Å². The van der Waals surface area contributed by atoms with Crippen molar-refractivity contribution in [2.45, 2.75) is 33.0 Å². The molecule has 6 nitrogen and oxygen atoms in total. The first-order valence-electron chi connectivity index (χ1n) is 9.05. The molecule has 0 saturated carbocycles. The van der Waals surface area contributed by atoms with E-state index in [4.69, 9.17) is 4.98 Å². The summed E-state index contributed by atoms with van der Waals surface area (Å²) < 4.78 is 0. The number of fused-ring (bicyclic) bond motifs is 1. The van der Waals surface area contributed by atoms with Gasteiger partial charge in [0.25, 0.3) is 0 Å². The predicted molar refractivity (Wildman–Crippen MR) is 102 cm³/mol. The van der Waals surface area contributed by atoms with Crippen LogP contribution in [0, 0.1) is 6.92 Å². The molecule has 0 bridgehead atoms. The lowest BCUT2D eigenvalue weighted by molar-refractivity contribution is 0.232. The molecular formula is C21H22N4O2. The first-order chi connectivity index (χ1) is 13.2. The third kappa shape index (κ3) is 3.54. The topological polar surface area (TPSA) is 82.4 Å². The van der Waals surface area contributed by atoms with Crippen molar-refractivity contribution in [1.29, 1.82) is 0 Å². The maximum atomic E-state index is 10.4. The molecule has 0 atom stereocenters. The third-order valence-electron chi connectivity index (χ3n) is 5.03. The molecule has 6 heteroatoms. The zero-order chi connectivity index (χ0) is 18.8. The Labute approximate surface area is 158 Å². The Morgan fingerprint density at radius 3 is 2.70 bits per heavy atom. The van der Waals surface area contributed by atoms with E-state index in [2.05, 4.69) is 14.9 Å². The quantitative estimate of drug-likeness (QED) is 0.742. The van der Waals surface area contributed by atoms with Crippen LogP contribution in [0.4, 0.5) is 0 Å². The first-order valence-corrected chi connectivity index (χ1v) is 9.05. The largest absolute Gasteiger partial charge is 0.506 e. The number of rotatable bonds is 4. The van der Waals surface area contributed by atoms with Crippen molar-refractivity contribution in [3.8, 4) is 17.1 Å². The SMILES string of the molecule is Cc1ncc(CO)c(CN2CCc3nc(-c4ccccc4)ncc3C2)c1O. The number of aliphatic hydroxyl groups excluding tert-OH is 1. The highest BCUT2D eigenvalue weighted by molar-refractivity contribution is 5.54. The van der Waals surface area contributed by atoms with Crippen molar-refractivity contribution in [3.63, 3.8) is 0 Å². The molecule has 4 rings (SSSR count). The number of hydrogen-bond acceptors (Lipinski definition) is 6. The summed E-state index contributed by atoms with van der Waals surface area (Å²) in [5.41, 5.74) is 5.20. The molecule has 1 aromatic carbocycles. The lowest BCUT2D eigenvalue weighted by Gasteiger charge is -2.29. The summed E-state index contributed by atoms with van der Waals surface area (Å²) in [6, 6.07) is 9.99. The van der Waals surface area contributed by atoms with Gasteiger partial charge in [0.1, 0.15) is 5.75 Å². The summed E-state index contributed by atoms with van der Waals surface area (Å²) in [5, 5.41) is 19.9. The van der Waals surface area contributed by atoms with Crippen LogP contribution in [0.15, 0.2) is 42.7 Å². The van der Waals surface area contributed by atoms with Gasteiger partial charge < -0.3 is 10.2 Å². The fourth-order valence-electron chi connectivity index (χ4n) is 3.46. The van der Waals surface area contributed by atoms with Crippen molar-refractivity contribution in [3.05, 3.63) is 70.8 Å². The van der Waals surface area contributed by atoms with Crippen LogP contribution in [0.25, 0.3) is 11.4 Å². The second kappa shape index (κ2) is 7.42. The van der Waals surface area contributed by atoms with Crippen molar-refractivity contribution in [1.82, 2.24) is 19.9 Å². The normalized spacial score (nSPS) is 14.1. The molecule has 0 amide bonds. The Kier molecular flexibility index (Phi) is 4.83. The van der Waals surface area contributed by atoms with Gasteiger partial charge in [0.15, 0.2) is 5.82 Å². The van der Waals surface area contributed by atoms with E-state index in [-0.39, 0.29) is 12.4 Å². The molecule has 3 heterocycles. The van der Waals surface area contributed by atoms with Gasteiger partial charge in [-0.05, 0) is 6.92 Å². The maximum Gasteiger partial charge on any atom is 0.159 e. The molecule has 3 aromatic rings. The zero-order valence-corrected chi connectivity index (χ0v) is 15.3. The molecule has 27 heavy (non-hydrogen) atoms. The van der Waals surface area contributed by atoms with Crippen molar-refractivity contribution in [2.24, 2.45) is 0 Å². The number of aryl methyl sites for hydroxylation is 1. The molecule has 2 aromatic heterocycles. The van der Waals surface area contributed by atoms with Crippen molar-refractivity contribution >= 4 is 0 Å². The molecule has 0 radical (unpaired) electrons. The minimum Gasteiger partial charge on any atom is -0.506 e. The smallest absolute Gasteiger partial charge is 0.159 e. The Bertz CT molecular complexity index is 960. The van der Waals surface area contributed by atoms with Gasteiger partial charge in [-0.25, -0.2) is 9.97 Å². The van der Waals surface area contributed by atoms with Gasteiger partial charge in [-0.3, -0.25) is 9.88 Å². The molecule has 2 N–H and O–H groups in total. The fraction of sp³-hybridized carbons (Fsp3) is 0.286. The lowest BCUT2D eigenvalue weighted by Crippen LogP contribution is -2.31. The zero-order valence-electron chi connectivity index (χ0n) is 15.3. The fourth-order valence-corrected chi connectivity index (χ4v) is 3.46. The van der Waals surface area contributed by atoms with Crippen LogP contribution in [-0.2, 0) is 26.1 Å². The molecule has 0 spiro atoms. The number of pyridine rings is 1. The monoisotopic (exact) mass is 362 g/mol. The van der Waals surface area contributed by atoms with Gasteiger partial charge in [0.2, 0.25) is 0 Å².